The molecule has 92 valence electrons. The van der Waals surface area contributed by atoms with Gasteiger partial charge in [0.1, 0.15) is 0 Å². The summed E-state index contributed by atoms with van der Waals surface area (Å²) in [6.45, 7) is 4.97. The highest BCUT2D eigenvalue weighted by Crippen LogP contribution is 1.99. The zero-order valence-corrected chi connectivity index (χ0v) is 9.83. The van der Waals surface area contributed by atoms with E-state index in [9.17, 15) is 9.59 Å². The van der Waals surface area contributed by atoms with Crippen molar-refractivity contribution >= 4 is 11.8 Å². The molecule has 1 saturated heterocycles. The van der Waals surface area contributed by atoms with Crippen LogP contribution in [0.4, 0.5) is 0 Å². The Hall–Kier alpha value is -1.10. The van der Waals surface area contributed by atoms with E-state index in [0.29, 0.717) is 45.7 Å². The zero-order chi connectivity index (χ0) is 11.8. The molecule has 0 saturated carbocycles. The molecule has 1 heterocycles. The number of ether oxygens (including phenoxy) is 1. The van der Waals surface area contributed by atoms with E-state index in [1.165, 1.54) is 0 Å². The van der Waals surface area contributed by atoms with Crippen LogP contribution >= 0.6 is 0 Å². The van der Waals surface area contributed by atoms with Crippen LogP contribution in [0.3, 0.4) is 0 Å². The molecule has 0 aliphatic carbocycles. The fraction of sp³-hybridized carbons (Fsp3) is 0.818. The minimum Gasteiger partial charge on any atom is -0.378 e. The van der Waals surface area contributed by atoms with Crippen LogP contribution in [-0.2, 0) is 14.3 Å². The number of nitrogens with zero attached hydrogens (tertiary/aromatic N) is 1. The molecule has 16 heavy (non-hydrogen) atoms. The summed E-state index contributed by atoms with van der Waals surface area (Å²) in [7, 11) is 0. The van der Waals surface area contributed by atoms with Gasteiger partial charge in [-0.1, -0.05) is 6.92 Å². The second-order valence-electron chi connectivity index (χ2n) is 3.84. The Balaban J connectivity index is 2.12. The molecule has 0 bridgehead atoms. The van der Waals surface area contributed by atoms with Gasteiger partial charge in [0.15, 0.2) is 0 Å². The van der Waals surface area contributed by atoms with Gasteiger partial charge < -0.3 is 15.0 Å². The van der Waals surface area contributed by atoms with Crippen LogP contribution in [-0.4, -0.2) is 49.6 Å². The second-order valence-corrected chi connectivity index (χ2v) is 3.84. The smallest absolute Gasteiger partial charge is 0.224 e. The number of carbonyl (C=O) groups excluding carboxylic acids is 2. The molecule has 0 aromatic rings. The number of hydrogen-bond acceptors (Lipinski definition) is 3. The summed E-state index contributed by atoms with van der Waals surface area (Å²) in [5.74, 6) is 0.123. The van der Waals surface area contributed by atoms with Crippen molar-refractivity contribution in [3.8, 4) is 0 Å². The molecule has 1 N–H and O–H groups in total. The number of carbonyl (C=O) groups is 2. The van der Waals surface area contributed by atoms with Crippen molar-refractivity contribution in [2.24, 2.45) is 0 Å². The number of amides is 2. The Morgan fingerprint density at radius 1 is 1.25 bits per heavy atom. The third-order valence-corrected chi connectivity index (χ3v) is 2.50. The maximum Gasteiger partial charge on any atom is 0.224 e. The molecule has 1 aliphatic rings. The first-order valence-electron chi connectivity index (χ1n) is 5.86. The Kier molecular flexibility index (Phi) is 5.85. The van der Waals surface area contributed by atoms with E-state index in [0.717, 1.165) is 6.42 Å². The quantitative estimate of drug-likeness (QED) is 0.729. The van der Waals surface area contributed by atoms with Crippen LogP contribution in [0.5, 0.6) is 0 Å². The van der Waals surface area contributed by atoms with E-state index in [1.807, 2.05) is 6.92 Å². The molecular formula is C11H20N2O3. The topological polar surface area (TPSA) is 58.6 Å². The average Bonchev–Trinajstić information content (AvgIpc) is 2.30. The predicted molar refractivity (Wildman–Crippen MR) is 59.9 cm³/mol. The summed E-state index contributed by atoms with van der Waals surface area (Å²) in [6, 6.07) is 0. The lowest BCUT2D eigenvalue weighted by Crippen LogP contribution is -2.42. The summed E-state index contributed by atoms with van der Waals surface area (Å²) in [5, 5.41) is 2.74. The van der Waals surface area contributed by atoms with Crippen LogP contribution in [0.1, 0.15) is 26.2 Å². The van der Waals surface area contributed by atoms with E-state index in [4.69, 9.17) is 4.74 Å². The van der Waals surface area contributed by atoms with Gasteiger partial charge in [-0.05, 0) is 6.42 Å². The molecule has 1 aliphatic heterocycles. The van der Waals surface area contributed by atoms with Crippen molar-refractivity contribution < 1.29 is 14.3 Å². The third-order valence-electron chi connectivity index (χ3n) is 2.50. The van der Waals surface area contributed by atoms with Crippen molar-refractivity contribution in [1.82, 2.24) is 10.2 Å². The summed E-state index contributed by atoms with van der Waals surface area (Å²) >= 11 is 0. The molecule has 0 unspecified atom stereocenters. The van der Waals surface area contributed by atoms with Crippen molar-refractivity contribution in [3.05, 3.63) is 0 Å². The number of nitrogens with one attached hydrogen (secondary N) is 1. The normalized spacial score (nSPS) is 15.9. The van der Waals surface area contributed by atoms with E-state index >= 15 is 0 Å². The lowest BCUT2D eigenvalue weighted by molar-refractivity contribution is -0.135. The van der Waals surface area contributed by atoms with E-state index in [1.54, 1.807) is 4.90 Å². The van der Waals surface area contributed by atoms with Crippen molar-refractivity contribution in [2.75, 3.05) is 32.8 Å². The number of morpholine rings is 1. The molecule has 0 spiro atoms. The highest BCUT2D eigenvalue weighted by molar-refractivity contribution is 5.79. The third kappa shape index (κ3) is 4.61. The lowest BCUT2D eigenvalue weighted by atomic mass is 10.3. The van der Waals surface area contributed by atoms with Crippen LogP contribution in [0.25, 0.3) is 0 Å². The van der Waals surface area contributed by atoms with Crippen molar-refractivity contribution in [1.29, 1.82) is 0 Å². The van der Waals surface area contributed by atoms with E-state index in [-0.39, 0.29) is 11.8 Å². The fourth-order valence-corrected chi connectivity index (χ4v) is 1.60. The molecule has 2 amide bonds. The maximum absolute atomic E-state index is 11.7. The first kappa shape index (κ1) is 13.0. The molecule has 5 nitrogen and oxygen atoms in total. The average molecular weight is 228 g/mol. The van der Waals surface area contributed by atoms with Gasteiger partial charge >= 0.3 is 0 Å². The van der Waals surface area contributed by atoms with Gasteiger partial charge in [-0.25, -0.2) is 0 Å². The number of hydrogen-bond donors (Lipinski definition) is 1. The predicted octanol–water partition coefficient (Wildman–Crippen LogP) is 0.152. The highest BCUT2D eigenvalue weighted by atomic mass is 16.5. The molecule has 0 atom stereocenters. The van der Waals surface area contributed by atoms with Crippen LogP contribution < -0.4 is 5.32 Å². The van der Waals surface area contributed by atoms with Gasteiger partial charge in [0.25, 0.3) is 0 Å². The first-order chi connectivity index (χ1) is 7.74. The van der Waals surface area contributed by atoms with Crippen LogP contribution in [0.2, 0.25) is 0 Å². The van der Waals surface area contributed by atoms with Gasteiger partial charge in [-0.2, -0.15) is 0 Å². The molecule has 0 aromatic heterocycles. The Labute approximate surface area is 96.1 Å². The molecule has 0 aromatic carbocycles. The van der Waals surface area contributed by atoms with Crippen LogP contribution in [0, 0.1) is 0 Å². The minimum absolute atomic E-state index is 0.0253. The lowest BCUT2D eigenvalue weighted by Gasteiger charge is -2.26. The Morgan fingerprint density at radius 3 is 2.56 bits per heavy atom. The molecule has 0 radical (unpaired) electrons. The molecule has 1 fully saturated rings. The maximum atomic E-state index is 11.7. The minimum atomic E-state index is 0.0253. The molecule has 1 rings (SSSR count). The Morgan fingerprint density at radius 2 is 1.94 bits per heavy atom. The first-order valence-corrected chi connectivity index (χ1v) is 5.86. The SMILES string of the molecule is CCCC(=O)NCCC(=O)N1CCOCC1. The standard InChI is InChI=1S/C11H20N2O3/c1-2-3-10(14)12-5-4-11(15)13-6-8-16-9-7-13/h2-9H2,1H3,(H,12,14). The number of rotatable bonds is 5. The second kappa shape index (κ2) is 7.22. The Bertz CT molecular complexity index is 237. The molecule has 5 heteroatoms. The van der Waals surface area contributed by atoms with Gasteiger partial charge in [0.05, 0.1) is 13.2 Å². The van der Waals surface area contributed by atoms with E-state index < -0.39 is 0 Å². The van der Waals surface area contributed by atoms with Crippen molar-refractivity contribution in [2.45, 2.75) is 26.2 Å². The zero-order valence-electron chi connectivity index (χ0n) is 9.83. The summed E-state index contributed by atoms with van der Waals surface area (Å²) in [5.41, 5.74) is 0. The fourth-order valence-electron chi connectivity index (χ4n) is 1.60. The van der Waals surface area contributed by atoms with Gasteiger partial charge in [-0.15, -0.1) is 0 Å². The molecular weight excluding hydrogens is 208 g/mol. The van der Waals surface area contributed by atoms with Crippen molar-refractivity contribution in [3.63, 3.8) is 0 Å². The summed E-state index contributed by atoms with van der Waals surface area (Å²) < 4.78 is 5.16. The summed E-state index contributed by atoms with van der Waals surface area (Å²) in [6.07, 6.45) is 1.75. The van der Waals surface area contributed by atoms with Crippen LogP contribution in [0.15, 0.2) is 0 Å². The summed E-state index contributed by atoms with van der Waals surface area (Å²) in [4.78, 5) is 24.6. The highest BCUT2D eigenvalue weighted by Gasteiger charge is 2.16. The van der Waals surface area contributed by atoms with Gasteiger partial charge in [0, 0.05) is 32.5 Å². The largest absolute Gasteiger partial charge is 0.378 e. The van der Waals surface area contributed by atoms with Gasteiger partial charge in [-0.3, -0.25) is 9.59 Å². The monoisotopic (exact) mass is 228 g/mol. The van der Waals surface area contributed by atoms with E-state index in [2.05, 4.69) is 5.32 Å². The van der Waals surface area contributed by atoms with Gasteiger partial charge in [0.2, 0.25) is 11.8 Å².